The molecule has 0 amide bonds. The molecular weight excluding hydrogens is 350 g/mol. The average Bonchev–Trinajstić information content (AvgIpc) is 2.71. The number of morpholine rings is 2. The Bertz CT molecular complexity index is 450. The van der Waals surface area contributed by atoms with E-state index in [1.165, 1.54) is 51.5 Å². The van der Waals surface area contributed by atoms with Crippen LogP contribution in [0.3, 0.4) is 0 Å². The van der Waals surface area contributed by atoms with Crippen molar-refractivity contribution in [2.24, 2.45) is 11.8 Å². The maximum Gasteiger partial charge on any atom is 0.0878 e. The van der Waals surface area contributed by atoms with E-state index in [2.05, 4.69) is 42.8 Å². The molecule has 0 bridgehead atoms. The van der Waals surface area contributed by atoms with Crippen LogP contribution in [0.25, 0.3) is 0 Å². The van der Waals surface area contributed by atoms with Crippen LogP contribution < -0.4 is 5.32 Å². The zero-order valence-corrected chi connectivity index (χ0v) is 18.9. The molecule has 0 spiro atoms. The van der Waals surface area contributed by atoms with Crippen LogP contribution in [0.15, 0.2) is 0 Å². The maximum atomic E-state index is 6.05. The highest BCUT2D eigenvalue weighted by Crippen LogP contribution is 2.35. The fourth-order valence-corrected chi connectivity index (χ4v) is 5.71. The minimum Gasteiger partial charge on any atom is -0.378 e. The molecule has 5 heteroatoms. The van der Waals surface area contributed by atoms with Crippen molar-refractivity contribution in [1.82, 2.24) is 15.1 Å². The molecule has 6 unspecified atom stereocenters. The normalized spacial score (nSPS) is 38.6. The third-order valence-electron chi connectivity index (χ3n) is 7.24. The van der Waals surface area contributed by atoms with Gasteiger partial charge >= 0.3 is 0 Å². The van der Waals surface area contributed by atoms with E-state index in [0.717, 1.165) is 38.8 Å². The van der Waals surface area contributed by atoms with Crippen molar-refractivity contribution in [3.8, 4) is 0 Å². The Morgan fingerprint density at radius 3 is 2.64 bits per heavy atom. The smallest absolute Gasteiger partial charge is 0.0878 e. The van der Waals surface area contributed by atoms with Gasteiger partial charge in [0.2, 0.25) is 0 Å². The first kappa shape index (κ1) is 22.5. The van der Waals surface area contributed by atoms with Gasteiger partial charge in [0.1, 0.15) is 0 Å². The fraction of sp³-hybridized carbons (Fsp3) is 1.00. The topological polar surface area (TPSA) is 37.0 Å². The molecule has 3 saturated heterocycles. The van der Waals surface area contributed by atoms with E-state index in [4.69, 9.17) is 9.47 Å². The number of nitrogens with zero attached hydrogens (tertiary/aromatic N) is 2. The lowest BCUT2D eigenvalue weighted by Crippen LogP contribution is -2.69. The molecule has 1 N–H and O–H groups in total. The number of nitrogens with one attached hydrogen (secondary N) is 1. The number of hydrogen-bond acceptors (Lipinski definition) is 5. The second-order valence-electron chi connectivity index (χ2n) is 9.39. The first-order valence-corrected chi connectivity index (χ1v) is 12.1. The first-order chi connectivity index (χ1) is 13.7. The number of unbranched alkanes of at least 4 members (excludes halogenated alkanes) is 3. The Labute approximate surface area is 173 Å². The van der Waals surface area contributed by atoms with Crippen molar-refractivity contribution in [3.05, 3.63) is 0 Å². The van der Waals surface area contributed by atoms with E-state index >= 15 is 0 Å². The molecule has 6 atom stereocenters. The van der Waals surface area contributed by atoms with Gasteiger partial charge in [-0.2, -0.15) is 0 Å². The molecule has 164 valence electrons. The maximum absolute atomic E-state index is 6.05. The summed E-state index contributed by atoms with van der Waals surface area (Å²) in [5.74, 6) is 1.48. The Balaban J connectivity index is 1.75. The van der Waals surface area contributed by atoms with E-state index in [1.54, 1.807) is 0 Å². The zero-order valence-electron chi connectivity index (χ0n) is 18.9. The highest BCUT2D eigenvalue weighted by atomic mass is 16.5. The Kier molecular flexibility index (Phi) is 9.04. The molecule has 3 rings (SSSR count). The van der Waals surface area contributed by atoms with Gasteiger partial charge in [0.25, 0.3) is 0 Å². The number of piperidine rings is 1. The van der Waals surface area contributed by atoms with Crippen molar-refractivity contribution >= 4 is 0 Å². The quantitative estimate of drug-likeness (QED) is 0.635. The molecule has 0 aromatic rings. The lowest BCUT2D eigenvalue weighted by atomic mass is 9.84. The van der Waals surface area contributed by atoms with E-state index in [0.29, 0.717) is 24.3 Å². The highest BCUT2D eigenvalue weighted by Gasteiger charge is 2.44. The van der Waals surface area contributed by atoms with Gasteiger partial charge in [-0.3, -0.25) is 15.1 Å². The highest BCUT2D eigenvalue weighted by molar-refractivity contribution is 4.94. The summed E-state index contributed by atoms with van der Waals surface area (Å²) < 4.78 is 12.0. The average molecular weight is 396 g/mol. The standard InChI is InChI=1S/C23H45N3O2/c1-5-7-8-9-10-21-17-27-14-12-25(21)23-18(3)15-20(6-2)16-26(23)22-19(4)28-13-11-24-22/h18-24H,5-17H2,1-4H3. The molecule has 0 aromatic heterocycles. The van der Waals surface area contributed by atoms with Gasteiger partial charge in [-0.25, -0.2) is 0 Å². The Morgan fingerprint density at radius 2 is 1.89 bits per heavy atom. The fourth-order valence-electron chi connectivity index (χ4n) is 5.71. The molecule has 0 aromatic carbocycles. The monoisotopic (exact) mass is 395 g/mol. The van der Waals surface area contributed by atoms with Crippen molar-refractivity contribution in [2.75, 3.05) is 39.5 Å². The molecule has 0 saturated carbocycles. The molecule has 3 aliphatic heterocycles. The third-order valence-corrected chi connectivity index (χ3v) is 7.24. The summed E-state index contributed by atoms with van der Waals surface area (Å²) in [6.07, 6.45) is 10.3. The first-order valence-electron chi connectivity index (χ1n) is 12.1. The number of likely N-dealkylation sites (tertiary alicyclic amines) is 1. The summed E-state index contributed by atoms with van der Waals surface area (Å²) in [5, 5.41) is 3.79. The Morgan fingerprint density at radius 1 is 1.04 bits per heavy atom. The van der Waals surface area contributed by atoms with E-state index < -0.39 is 0 Å². The van der Waals surface area contributed by atoms with Crippen LogP contribution in [0.1, 0.15) is 72.6 Å². The summed E-state index contributed by atoms with van der Waals surface area (Å²) in [5.41, 5.74) is 0. The summed E-state index contributed by atoms with van der Waals surface area (Å²) in [6, 6.07) is 0.568. The molecule has 5 nitrogen and oxygen atoms in total. The largest absolute Gasteiger partial charge is 0.378 e. The van der Waals surface area contributed by atoms with Gasteiger partial charge < -0.3 is 9.47 Å². The SMILES string of the molecule is CCCCCCC1COCCN1C1C(C)CC(CC)CN1C1NCCOC1C. The third kappa shape index (κ3) is 5.48. The predicted octanol–water partition coefficient (Wildman–Crippen LogP) is 3.69. The minimum absolute atomic E-state index is 0.253. The van der Waals surface area contributed by atoms with Crippen LogP contribution in [0, 0.1) is 11.8 Å². The van der Waals surface area contributed by atoms with Crippen LogP contribution in [0.5, 0.6) is 0 Å². The molecular formula is C23H45N3O2. The van der Waals surface area contributed by atoms with Crippen LogP contribution in [0.4, 0.5) is 0 Å². The van der Waals surface area contributed by atoms with Crippen molar-refractivity contribution < 1.29 is 9.47 Å². The molecule has 3 heterocycles. The summed E-state index contributed by atoms with van der Waals surface area (Å²) >= 11 is 0. The van der Waals surface area contributed by atoms with E-state index in [-0.39, 0.29) is 6.10 Å². The van der Waals surface area contributed by atoms with Gasteiger partial charge in [-0.15, -0.1) is 0 Å². The molecule has 0 radical (unpaired) electrons. The molecule has 3 fully saturated rings. The van der Waals surface area contributed by atoms with Crippen LogP contribution in [-0.4, -0.2) is 73.7 Å². The van der Waals surface area contributed by atoms with Crippen molar-refractivity contribution in [3.63, 3.8) is 0 Å². The van der Waals surface area contributed by atoms with Crippen LogP contribution in [0.2, 0.25) is 0 Å². The lowest BCUT2D eigenvalue weighted by molar-refractivity contribution is -0.156. The summed E-state index contributed by atoms with van der Waals surface area (Å²) in [7, 11) is 0. The predicted molar refractivity (Wildman–Crippen MR) is 115 cm³/mol. The van der Waals surface area contributed by atoms with Gasteiger partial charge in [0, 0.05) is 25.7 Å². The minimum atomic E-state index is 0.253. The van der Waals surface area contributed by atoms with Crippen molar-refractivity contribution in [2.45, 2.75) is 97.1 Å². The molecule has 28 heavy (non-hydrogen) atoms. The van der Waals surface area contributed by atoms with Gasteiger partial charge in [0.15, 0.2) is 0 Å². The van der Waals surface area contributed by atoms with Crippen LogP contribution in [-0.2, 0) is 9.47 Å². The summed E-state index contributed by atoms with van der Waals surface area (Å²) in [6.45, 7) is 15.2. The van der Waals surface area contributed by atoms with Gasteiger partial charge in [-0.05, 0) is 31.6 Å². The summed E-state index contributed by atoms with van der Waals surface area (Å²) in [4.78, 5) is 5.59. The number of ether oxygens (including phenoxy) is 2. The number of hydrogen-bond donors (Lipinski definition) is 1. The second-order valence-corrected chi connectivity index (χ2v) is 9.39. The Hall–Kier alpha value is -0.200. The second kappa shape index (κ2) is 11.3. The zero-order chi connectivity index (χ0) is 19.9. The van der Waals surface area contributed by atoms with E-state index in [1.807, 2.05) is 0 Å². The number of rotatable bonds is 8. The van der Waals surface area contributed by atoms with Gasteiger partial charge in [0.05, 0.1) is 38.3 Å². The van der Waals surface area contributed by atoms with Gasteiger partial charge in [-0.1, -0.05) is 52.9 Å². The lowest BCUT2D eigenvalue weighted by Gasteiger charge is -2.55. The van der Waals surface area contributed by atoms with Crippen LogP contribution >= 0.6 is 0 Å². The molecule has 3 aliphatic rings. The molecule has 0 aliphatic carbocycles. The van der Waals surface area contributed by atoms with Crippen molar-refractivity contribution in [1.29, 1.82) is 0 Å². The van der Waals surface area contributed by atoms with E-state index in [9.17, 15) is 0 Å².